The summed E-state index contributed by atoms with van der Waals surface area (Å²) in [7, 11) is 0. The van der Waals surface area contributed by atoms with Gasteiger partial charge in [-0.25, -0.2) is 0 Å². The Balaban J connectivity index is 1.91. The number of hydrazone groups is 1. The molecule has 2 atom stereocenters. The number of nitrogens with zero attached hydrogens (tertiary/aromatic N) is 2. The summed E-state index contributed by atoms with van der Waals surface area (Å²) in [5.41, 5.74) is 1.63. The number of ether oxygens (including phenoxy) is 1. The van der Waals surface area contributed by atoms with Crippen molar-refractivity contribution in [2.24, 2.45) is 5.10 Å². The van der Waals surface area contributed by atoms with E-state index in [-0.39, 0.29) is 18.4 Å². The third-order valence-corrected chi connectivity index (χ3v) is 5.65. The number of aliphatic hydroxyl groups is 1. The Morgan fingerprint density at radius 3 is 2.81 bits per heavy atom. The molecule has 0 bridgehead atoms. The lowest BCUT2D eigenvalue weighted by Gasteiger charge is -2.41. The van der Waals surface area contributed by atoms with E-state index in [0.717, 1.165) is 11.3 Å². The van der Waals surface area contributed by atoms with Crippen LogP contribution in [0.5, 0.6) is 5.75 Å². The highest BCUT2D eigenvalue weighted by Crippen LogP contribution is 2.48. The number of carbonyl (C=O) groups excluding carboxylic acids is 1. The molecule has 2 heterocycles. The highest BCUT2D eigenvalue weighted by molar-refractivity contribution is 6.43. The monoisotopic (exact) mass is 384 g/mol. The molecule has 2 aliphatic rings. The van der Waals surface area contributed by atoms with Crippen LogP contribution in [0.3, 0.4) is 0 Å². The van der Waals surface area contributed by atoms with Gasteiger partial charge in [-0.05, 0) is 36.6 Å². The van der Waals surface area contributed by atoms with Crippen LogP contribution in [0.15, 0.2) is 53.6 Å². The average Bonchev–Trinajstić information content (AvgIpc) is 3.03. The highest BCUT2D eigenvalue weighted by Gasteiger charge is 2.55. The van der Waals surface area contributed by atoms with E-state index in [0.29, 0.717) is 35.9 Å². The molecule has 0 aromatic heterocycles. The van der Waals surface area contributed by atoms with Crippen LogP contribution in [-0.2, 0) is 10.2 Å². The molecule has 0 fully saturated rings. The van der Waals surface area contributed by atoms with E-state index in [2.05, 4.69) is 0 Å². The quantitative estimate of drug-likeness (QED) is 0.855. The largest absolute Gasteiger partial charge is 0.489 e. The number of aliphatic hydroxyl groups excluding tert-OH is 1. The van der Waals surface area contributed by atoms with Crippen molar-refractivity contribution in [3.05, 3.63) is 59.1 Å². The van der Waals surface area contributed by atoms with Crippen LogP contribution in [0.2, 0.25) is 5.02 Å². The Bertz CT molecular complexity index is 900. The van der Waals surface area contributed by atoms with Crippen molar-refractivity contribution in [2.45, 2.75) is 31.2 Å². The van der Waals surface area contributed by atoms with Crippen LogP contribution in [0.4, 0.5) is 5.69 Å². The third kappa shape index (κ3) is 2.82. The Kier molecular flexibility index (Phi) is 4.66. The molecule has 0 saturated carbocycles. The predicted octanol–water partition coefficient (Wildman–Crippen LogP) is 3.58. The molecule has 2 aromatic carbocycles. The van der Waals surface area contributed by atoms with Gasteiger partial charge in [-0.15, -0.1) is 0 Å². The smallest absolute Gasteiger partial charge is 0.176 e. The summed E-state index contributed by atoms with van der Waals surface area (Å²) in [6.07, 6.45) is 1.17. The van der Waals surface area contributed by atoms with E-state index < -0.39 is 5.41 Å². The Morgan fingerprint density at radius 1 is 1.33 bits per heavy atom. The fraction of sp³-hybridized carbons (Fsp3) is 0.333. The Labute approximate surface area is 163 Å². The van der Waals surface area contributed by atoms with E-state index in [1.807, 2.05) is 47.5 Å². The Hall–Kier alpha value is -2.37. The van der Waals surface area contributed by atoms with E-state index in [4.69, 9.17) is 21.4 Å². The van der Waals surface area contributed by atoms with Gasteiger partial charge in [0.2, 0.25) is 0 Å². The van der Waals surface area contributed by atoms with E-state index in [9.17, 15) is 9.90 Å². The second kappa shape index (κ2) is 6.98. The zero-order valence-electron chi connectivity index (χ0n) is 15.1. The molecule has 2 aliphatic heterocycles. The number of rotatable bonds is 5. The van der Waals surface area contributed by atoms with Gasteiger partial charge in [0.15, 0.2) is 5.78 Å². The van der Waals surface area contributed by atoms with Crippen LogP contribution in [0, 0.1) is 0 Å². The van der Waals surface area contributed by atoms with Crippen LogP contribution >= 0.6 is 11.6 Å². The molecule has 0 unspecified atom stereocenters. The molecule has 27 heavy (non-hydrogen) atoms. The standard InChI is InChI=1S/C21H21ClN2O3/c1-14(26)20-21(10-5-11-25,15-6-3-2-4-7-15)19-13-27-18-9-8-16(22)12-17(18)24(19)23-20/h2-4,6-9,12,19,25H,5,10-11,13H2,1H3/t19-,21+/m0/s1. The molecule has 4 rings (SSSR count). The number of ketones is 1. The molecule has 5 nitrogen and oxygen atoms in total. The number of Topliss-reactive ketones (excluding diaryl/α,β-unsaturated/α-hetero) is 1. The molecular formula is C21H21ClN2O3. The lowest BCUT2D eigenvalue weighted by atomic mass is 9.67. The van der Waals surface area contributed by atoms with Crippen molar-refractivity contribution < 1.29 is 14.6 Å². The predicted molar refractivity (Wildman–Crippen MR) is 106 cm³/mol. The fourth-order valence-corrected chi connectivity index (χ4v) is 4.43. The fourth-order valence-electron chi connectivity index (χ4n) is 4.26. The van der Waals surface area contributed by atoms with Gasteiger partial charge in [0.1, 0.15) is 29.8 Å². The van der Waals surface area contributed by atoms with E-state index in [1.165, 1.54) is 0 Å². The summed E-state index contributed by atoms with van der Waals surface area (Å²) < 4.78 is 6.03. The first-order valence-electron chi connectivity index (χ1n) is 9.06. The topological polar surface area (TPSA) is 62.1 Å². The second-order valence-corrected chi connectivity index (χ2v) is 7.39. The maximum atomic E-state index is 12.6. The SMILES string of the molecule is CC(=O)C1=NN2c3cc(Cl)ccc3OC[C@H]2[C@@]1(CCCO)c1ccccc1. The summed E-state index contributed by atoms with van der Waals surface area (Å²) in [5.74, 6) is 0.628. The van der Waals surface area contributed by atoms with Crippen LogP contribution in [0.1, 0.15) is 25.3 Å². The minimum absolute atomic E-state index is 0.0513. The summed E-state index contributed by atoms with van der Waals surface area (Å²) >= 11 is 6.21. The number of hydrogen-bond donors (Lipinski definition) is 1. The van der Waals surface area contributed by atoms with Gasteiger partial charge < -0.3 is 9.84 Å². The van der Waals surface area contributed by atoms with Gasteiger partial charge >= 0.3 is 0 Å². The average molecular weight is 385 g/mol. The molecule has 0 radical (unpaired) electrons. The molecule has 140 valence electrons. The molecule has 0 saturated heterocycles. The van der Waals surface area contributed by atoms with Crippen molar-refractivity contribution in [1.82, 2.24) is 0 Å². The van der Waals surface area contributed by atoms with Gasteiger partial charge in [0, 0.05) is 18.6 Å². The maximum Gasteiger partial charge on any atom is 0.176 e. The first-order chi connectivity index (χ1) is 13.1. The van der Waals surface area contributed by atoms with Crippen molar-refractivity contribution in [3.63, 3.8) is 0 Å². The van der Waals surface area contributed by atoms with Gasteiger partial charge in [0.25, 0.3) is 0 Å². The number of benzene rings is 2. The molecular weight excluding hydrogens is 364 g/mol. The third-order valence-electron chi connectivity index (χ3n) is 5.41. The summed E-state index contributed by atoms with van der Waals surface area (Å²) in [4.78, 5) is 12.6. The van der Waals surface area contributed by atoms with Crippen LogP contribution in [0.25, 0.3) is 0 Å². The van der Waals surface area contributed by atoms with Crippen LogP contribution < -0.4 is 9.75 Å². The van der Waals surface area contributed by atoms with Crippen molar-refractivity contribution in [3.8, 4) is 5.75 Å². The molecule has 6 heteroatoms. The lowest BCUT2D eigenvalue weighted by Crippen LogP contribution is -2.53. The summed E-state index contributed by atoms with van der Waals surface area (Å²) in [6, 6.07) is 15.2. The number of halogens is 1. The van der Waals surface area contributed by atoms with Crippen molar-refractivity contribution in [1.29, 1.82) is 0 Å². The van der Waals surface area contributed by atoms with Gasteiger partial charge in [-0.3, -0.25) is 9.80 Å². The molecule has 2 aromatic rings. The van der Waals surface area contributed by atoms with Crippen LogP contribution in [-0.4, -0.2) is 35.9 Å². The zero-order chi connectivity index (χ0) is 19.0. The van der Waals surface area contributed by atoms with Gasteiger partial charge in [0.05, 0.1) is 5.41 Å². The first-order valence-corrected chi connectivity index (χ1v) is 9.43. The minimum Gasteiger partial charge on any atom is -0.489 e. The first kappa shape index (κ1) is 18.0. The van der Waals surface area contributed by atoms with Crippen molar-refractivity contribution in [2.75, 3.05) is 18.2 Å². The molecule has 0 aliphatic carbocycles. The Morgan fingerprint density at radius 2 is 2.11 bits per heavy atom. The molecule has 1 N–H and O–H groups in total. The minimum atomic E-state index is -0.643. The van der Waals surface area contributed by atoms with E-state index >= 15 is 0 Å². The highest BCUT2D eigenvalue weighted by atomic mass is 35.5. The lowest BCUT2D eigenvalue weighted by molar-refractivity contribution is -0.111. The van der Waals surface area contributed by atoms with Gasteiger partial charge in [-0.2, -0.15) is 5.10 Å². The van der Waals surface area contributed by atoms with Gasteiger partial charge in [-0.1, -0.05) is 41.9 Å². The number of hydrogen-bond acceptors (Lipinski definition) is 5. The van der Waals surface area contributed by atoms with Crippen molar-refractivity contribution >= 4 is 28.8 Å². The summed E-state index contributed by atoms with van der Waals surface area (Å²) in [6.45, 7) is 2.00. The normalized spacial score (nSPS) is 23.3. The molecule has 0 amide bonds. The second-order valence-electron chi connectivity index (χ2n) is 6.95. The zero-order valence-corrected chi connectivity index (χ0v) is 15.8. The number of carbonyl (C=O) groups is 1. The number of anilines is 1. The number of fused-ring (bicyclic) bond motifs is 3. The maximum absolute atomic E-state index is 12.6. The molecule has 0 spiro atoms. The summed E-state index contributed by atoms with van der Waals surface area (Å²) in [5, 5.41) is 16.7. The van der Waals surface area contributed by atoms with E-state index in [1.54, 1.807) is 13.0 Å².